The van der Waals surface area contributed by atoms with Gasteiger partial charge >= 0.3 is 0 Å². The Bertz CT molecular complexity index is 1340. The highest BCUT2D eigenvalue weighted by atomic mass is 16.5. The minimum Gasteiger partial charge on any atom is -0.496 e. The summed E-state index contributed by atoms with van der Waals surface area (Å²) in [6, 6.07) is 9.22. The lowest BCUT2D eigenvalue weighted by atomic mass is 10.0. The van der Waals surface area contributed by atoms with Crippen LogP contribution in [0.4, 0.5) is 0 Å². The lowest BCUT2D eigenvalue weighted by Crippen LogP contribution is -2.44. The Morgan fingerprint density at radius 1 is 1.21 bits per heavy atom. The van der Waals surface area contributed by atoms with Crippen LogP contribution in [0.15, 0.2) is 53.8 Å². The van der Waals surface area contributed by atoms with Crippen molar-refractivity contribution in [2.45, 2.75) is 24.9 Å². The summed E-state index contributed by atoms with van der Waals surface area (Å²) in [4.78, 5) is 22.4. The number of pyridine rings is 1. The molecular weight excluding hydrogens is 420 g/mol. The van der Waals surface area contributed by atoms with Gasteiger partial charge in [-0.05, 0) is 35.7 Å². The van der Waals surface area contributed by atoms with Crippen LogP contribution in [0, 0.1) is 0 Å². The molecule has 0 bridgehead atoms. The fraction of sp³-hybridized carbons (Fsp3) is 0.333. The van der Waals surface area contributed by atoms with Crippen LogP contribution in [0.25, 0.3) is 22.3 Å². The summed E-state index contributed by atoms with van der Waals surface area (Å²) < 4.78 is 14.4. The summed E-state index contributed by atoms with van der Waals surface area (Å²) in [7, 11) is 3.50. The molecule has 1 aliphatic rings. The number of hydrogen-bond acceptors (Lipinski definition) is 7. The lowest BCUT2D eigenvalue weighted by Gasteiger charge is -2.30. The van der Waals surface area contributed by atoms with Gasteiger partial charge in [-0.15, -0.1) is 0 Å². The molecule has 170 valence electrons. The first-order valence-corrected chi connectivity index (χ1v) is 10.9. The first kappa shape index (κ1) is 21.3. The largest absolute Gasteiger partial charge is 0.496 e. The molecule has 33 heavy (non-hydrogen) atoms. The van der Waals surface area contributed by atoms with Gasteiger partial charge < -0.3 is 15.2 Å². The highest BCUT2D eigenvalue weighted by Crippen LogP contribution is 2.27. The summed E-state index contributed by atoms with van der Waals surface area (Å²) in [5.74, 6) is 0.684. The van der Waals surface area contributed by atoms with Crippen molar-refractivity contribution in [3.63, 3.8) is 0 Å². The Balaban J connectivity index is 1.49. The number of nitrogens with zero attached hydrogens (tertiary/aromatic N) is 5. The first-order valence-electron chi connectivity index (χ1n) is 10.9. The van der Waals surface area contributed by atoms with E-state index in [0.29, 0.717) is 42.7 Å². The van der Waals surface area contributed by atoms with Gasteiger partial charge in [0.1, 0.15) is 11.4 Å². The average Bonchev–Trinajstić information content (AvgIpc) is 3.27. The standard InChI is InChI=1S/C24H26N6O3/c1-29-7-5-20(28-29)19-4-3-15(12-26-19)9-16-10-17-21(11-23(16)32-2)27-14-30(24(17)31)22-6-8-33-13-18(22)25/h3-5,7,10-12,14,18,22H,6,8-9,13,25H2,1-2H3/t18-,22-/m0/s1. The first-order chi connectivity index (χ1) is 16.0. The molecule has 0 unspecified atom stereocenters. The van der Waals surface area contributed by atoms with Gasteiger partial charge in [0.2, 0.25) is 0 Å². The van der Waals surface area contributed by atoms with Crippen molar-refractivity contribution in [1.29, 1.82) is 0 Å². The Morgan fingerprint density at radius 2 is 2.09 bits per heavy atom. The van der Waals surface area contributed by atoms with Gasteiger partial charge in [-0.25, -0.2) is 4.98 Å². The van der Waals surface area contributed by atoms with Crippen LogP contribution in [-0.2, 0) is 18.2 Å². The zero-order valence-electron chi connectivity index (χ0n) is 18.6. The maximum absolute atomic E-state index is 13.3. The molecule has 0 radical (unpaired) electrons. The highest BCUT2D eigenvalue weighted by Gasteiger charge is 2.25. The molecule has 0 aliphatic carbocycles. The number of ether oxygens (including phenoxy) is 2. The van der Waals surface area contributed by atoms with E-state index in [2.05, 4.69) is 15.1 Å². The predicted octanol–water partition coefficient (Wildman–Crippen LogP) is 2.08. The van der Waals surface area contributed by atoms with E-state index in [1.165, 1.54) is 0 Å². The molecule has 1 fully saturated rings. The van der Waals surface area contributed by atoms with Crippen LogP contribution >= 0.6 is 0 Å². The highest BCUT2D eigenvalue weighted by molar-refractivity contribution is 5.80. The van der Waals surface area contributed by atoms with E-state index in [4.69, 9.17) is 15.2 Å². The third-order valence-corrected chi connectivity index (χ3v) is 6.10. The number of aryl methyl sites for hydroxylation is 1. The summed E-state index contributed by atoms with van der Waals surface area (Å²) >= 11 is 0. The van der Waals surface area contributed by atoms with Gasteiger partial charge in [0.05, 0.1) is 42.7 Å². The average molecular weight is 447 g/mol. The SMILES string of the molecule is COc1cc2ncn([C@H]3CCOC[C@@H]3N)c(=O)c2cc1Cc1ccc(-c2ccn(C)n2)nc1. The molecule has 9 heteroatoms. The van der Waals surface area contributed by atoms with Crippen molar-refractivity contribution in [3.05, 3.63) is 70.5 Å². The summed E-state index contributed by atoms with van der Waals surface area (Å²) in [6.45, 7) is 1.02. The maximum Gasteiger partial charge on any atom is 0.261 e. The zero-order chi connectivity index (χ0) is 22.9. The molecule has 3 aromatic heterocycles. The summed E-state index contributed by atoms with van der Waals surface area (Å²) in [5, 5.41) is 4.94. The summed E-state index contributed by atoms with van der Waals surface area (Å²) in [6.07, 6.45) is 6.56. The quantitative estimate of drug-likeness (QED) is 0.500. The van der Waals surface area contributed by atoms with Crippen LogP contribution < -0.4 is 16.0 Å². The molecule has 1 aromatic carbocycles. The Morgan fingerprint density at radius 3 is 2.79 bits per heavy atom. The molecule has 4 aromatic rings. The van der Waals surface area contributed by atoms with Crippen LogP contribution in [-0.4, -0.2) is 50.7 Å². The summed E-state index contributed by atoms with van der Waals surface area (Å²) in [5.41, 5.74) is 10.2. The van der Waals surface area contributed by atoms with E-state index in [9.17, 15) is 4.79 Å². The number of benzene rings is 1. The van der Waals surface area contributed by atoms with Crippen molar-refractivity contribution in [2.24, 2.45) is 12.8 Å². The number of methoxy groups -OCH3 is 1. The third kappa shape index (κ3) is 4.12. The van der Waals surface area contributed by atoms with Gasteiger partial charge in [-0.1, -0.05) is 6.07 Å². The second-order valence-electron chi connectivity index (χ2n) is 8.34. The minimum atomic E-state index is -0.239. The van der Waals surface area contributed by atoms with Gasteiger partial charge in [-0.2, -0.15) is 5.10 Å². The van der Waals surface area contributed by atoms with E-state index in [1.807, 2.05) is 49.8 Å². The molecule has 4 heterocycles. The van der Waals surface area contributed by atoms with Gasteiger partial charge in [0.15, 0.2) is 0 Å². The van der Waals surface area contributed by atoms with E-state index >= 15 is 0 Å². The van der Waals surface area contributed by atoms with Crippen LogP contribution in [0.5, 0.6) is 5.75 Å². The lowest BCUT2D eigenvalue weighted by molar-refractivity contribution is 0.0516. The molecular formula is C24H26N6O3. The normalized spacial score (nSPS) is 18.5. The van der Waals surface area contributed by atoms with E-state index in [-0.39, 0.29) is 17.6 Å². The van der Waals surface area contributed by atoms with E-state index < -0.39 is 0 Å². The molecule has 0 amide bonds. The van der Waals surface area contributed by atoms with Gasteiger partial charge in [-0.3, -0.25) is 19.0 Å². The van der Waals surface area contributed by atoms with E-state index in [0.717, 1.165) is 22.5 Å². The maximum atomic E-state index is 13.3. The Hall–Kier alpha value is -3.56. The fourth-order valence-corrected chi connectivity index (χ4v) is 4.32. The van der Waals surface area contributed by atoms with Crippen molar-refractivity contribution in [3.8, 4) is 17.1 Å². The zero-order valence-corrected chi connectivity index (χ0v) is 18.6. The third-order valence-electron chi connectivity index (χ3n) is 6.10. The minimum absolute atomic E-state index is 0.102. The molecule has 0 saturated carbocycles. The molecule has 5 rings (SSSR count). The van der Waals surface area contributed by atoms with Crippen molar-refractivity contribution < 1.29 is 9.47 Å². The molecule has 2 N–H and O–H groups in total. The number of aromatic nitrogens is 5. The number of hydrogen-bond donors (Lipinski definition) is 1. The molecule has 9 nitrogen and oxygen atoms in total. The second-order valence-corrected chi connectivity index (χ2v) is 8.34. The molecule has 1 saturated heterocycles. The van der Waals surface area contributed by atoms with Gasteiger partial charge in [0, 0.05) is 44.6 Å². The number of rotatable bonds is 5. The fourth-order valence-electron chi connectivity index (χ4n) is 4.32. The Kier molecular flexibility index (Phi) is 5.65. The number of nitrogens with two attached hydrogens (primary N) is 1. The smallest absolute Gasteiger partial charge is 0.261 e. The van der Waals surface area contributed by atoms with Gasteiger partial charge in [0.25, 0.3) is 5.56 Å². The monoisotopic (exact) mass is 446 g/mol. The van der Waals surface area contributed by atoms with Crippen LogP contribution in [0.2, 0.25) is 0 Å². The van der Waals surface area contributed by atoms with Crippen molar-refractivity contribution >= 4 is 10.9 Å². The van der Waals surface area contributed by atoms with Crippen molar-refractivity contribution in [2.75, 3.05) is 20.3 Å². The topological polar surface area (TPSA) is 110 Å². The second kappa shape index (κ2) is 8.76. The van der Waals surface area contributed by atoms with E-state index in [1.54, 1.807) is 22.7 Å². The molecule has 1 aliphatic heterocycles. The van der Waals surface area contributed by atoms with Crippen molar-refractivity contribution in [1.82, 2.24) is 24.3 Å². The molecule has 2 atom stereocenters. The molecule has 0 spiro atoms. The number of fused-ring (bicyclic) bond motifs is 1. The predicted molar refractivity (Wildman–Crippen MR) is 124 cm³/mol. The van der Waals surface area contributed by atoms with Crippen LogP contribution in [0.3, 0.4) is 0 Å². The Labute approximate surface area is 190 Å². The van der Waals surface area contributed by atoms with Crippen LogP contribution in [0.1, 0.15) is 23.6 Å².